The predicted octanol–water partition coefficient (Wildman–Crippen LogP) is 7.69. The number of carbonyl (C=O) groups excluding carboxylic acids is 2. The lowest BCUT2D eigenvalue weighted by Crippen LogP contribution is -2.47. The quantitative estimate of drug-likeness (QED) is 0.0794. The zero-order valence-electron chi connectivity index (χ0n) is 36.3. The Labute approximate surface area is 370 Å². The number of rotatable bonds is 9. The highest BCUT2D eigenvalue weighted by Crippen LogP contribution is 2.54. The second-order valence-electron chi connectivity index (χ2n) is 18.7. The summed E-state index contributed by atoms with van der Waals surface area (Å²) in [6.07, 6.45) is 6.95. The van der Waals surface area contributed by atoms with Gasteiger partial charge in [-0.2, -0.15) is 4.58 Å². The van der Waals surface area contributed by atoms with E-state index in [0.717, 1.165) is 101 Å². The number of nitrogens with one attached hydrogen (secondary N) is 1. The highest BCUT2D eigenvalue weighted by atomic mass is 32.2. The first-order valence-corrected chi connectivity index (χ1v) is 23.7. The van der Waals surface area contributed by atoms with Crippen LogP contribution in [0.2, 0.25) is 0 Å². The van der Waals surface area contributed by atoms with Crippen molar-refractivity contribution in [1.29, 1.82) is 0 Å². The number of hydrogen-bond acceptors (Lipinski definition) is 7. The van der Waals surface area contributed by atoms with Gasteiger partial charge in [0.2, 0.25) is 17.5 Å². The molecule has 2 atom stereocenters. The van der Waals surface area contributed by atoms with E-state index in [2.05, 4.69) is 78.6 Å². The van der Waals surface area contributed by atoms with E-state index in [9.17, 15) is 22.6 Å². The number of carbonyl (C=O) groups is 2. The Morgan fingerprint density at radius 2 is 1.63 bits per heavy atom. The third-order valence-corrected chi connectivity index (χ3v) is 14.8. The van der Waals surface area contributed by atoms with E-state index < -0.39 is 15.5 Å². The molecule has 0 saturated heterocycles. The second kappa shape index (κ2) is 15.5. The number of hydrogen-bond donors (Lipinski definition) is 1. The number of fused-ring (bicyclic) bond motifs is 10. The van der Waals surface area contributed by atoms with Crippen LogP contribution in [0.3, 0.4) is 0 Å². The first-order valence-electron chi connectivity index (χ1n) is 22.2. The monoisotopic (exact) mass is 860 g/mol. The molecule has 0 aliphatic carbocycles. The maximum atomic E-state index is 13.6. The molecule has 322 valence electrons. The summed E-state index contributed by atoms with van der Waals surface area (Å²) in [5.74, 6) is 6.59. The summed E-state index contributed by atoms with van der Waals surface area (Å²) in [6.45, 7) is 11.3. The molecule has 4 aromatic rings. The molecule has 2 unspecified atom stereocenters. The SMILES string of the molecule is CC1(C)C2=C3C=C4C5=[N+](CCC4OC3CCN2c2ccc(CC(=O)NCCCCCC(=O)N3Cc4ccccc4C#Cc4ccccc43)cc21)c1ccc(S(=O)(=O)[O-])cc1C5(C)C. The van der Waals surface area contributed by atoms with Crippen LogP contribution in [0.1, 0.15) is 99.6 Å². The van der Waals surface area contributed by atoms with Gasteiger partial charge in [-0.1, -0.05) is 74.6 Å². The van der Waals surface area contributed by atoms with Gasteiger partial charge in [0.25, 0.3) is 0 Å². The molecule has 0 radical (unpaired) electrons. The minimum absolute atomic E-state index is 0.0193. The third kappa shape index (κ3) is 7.13. The Bertz CT molecular complexity index is 2900. The number of allylic oxidation sites excluding steroid dienone is 1. The van der Waals surface area contributed by atoms with E-state index >= 15 is 0 Å². The zero-order chi connectivity index (χ0) is 43.8. The van der Waals surface area contributed by atoms with E-state index in [1.165, 1.54) is 22.9 Å². The summed E-state index contributed by atoms with van der Waals surface area (Å²) in [5, 5.41) is 3.12. The van der Waals surface area contributed by atoms with Crippen molar-refractivity contribution < 1.29 is 31.9 Å². The van der Waals surface area contributed by atoms with Gasteiger partial charge in [-0.05, 0) is 92.3 Å². The fraction of sp³-hybridized carbons (Fsp3) is 0.365. The maximum absolute atomic E-state index is 13.6. The first kappa shape index (κ1) is 41.2. The predicted molar refractivity (Wildman–Crippen MR) is 242 cm³/mol. The standard InChI is InChI=1S/C52H52N4O6S/c1-51(2)40-28-33(29-47(57)53-25-11-5-6-16-48(58)56-32-36-14-8-7-12-34(36)18-19-35-13-9-10-15-42(35)56)17-21-43(40)54-26-23-45-38(49(51)54)31-39-46(62-45)24-27-55-44-22-20-37(63(59,60)61)30-41(44)52(3,4)50(39)55/h7-10,12-15,17,20-22,28,30-31,45-46H,5-6,11,16,23-27,29,32H2,1-4H3,(H-,53,57,59,60,61). The summed E-state index contributed by atoms with van der Waals surface area (Å²) in [4.78, 5) is 31.0. The summed E-state index contributed by atoms with van der Waals surface area (Å²) in [7, 11) is -4.60. The smallest absolute Gasteiger partial charge is 0.227 e. The number of ether oxygens (including phenoxy) is 1. The van der Waals surface area contributed by atoms with Gasteiger partial charge in [0, 0.05) is 76.6 Å². The molecule has 6 heterocycles. The minimum atomic E-state index is -4.60. The van der Waals surface area contributed by atoms with E-state index in [1.54, 1.807) is 12.1 Å². The summed E-state index contributed by atoms with van der Waals surface area (Å²) < 4.78 is 45.3. The van der Waals surface area contributed by atoms with Crippen LogP contribution in [0.15, 0.2) is 113 Å². The number of para-hydroxylation sites is 1. The minimum Gasteiger partial charge on any atom is -0.744 e. The summed E-state index contributed by atoms with van der Waals surface area (Å²) >= 11 is 0. The Hall–Kier alpha value is -5.80. The van der Waals surface area contributed by atoms with Gasteiger partial charge in [-0.15, -0.1) is 0 Å². The van der Waals surface area contributed by atoms with Crippen molar-refractivity contribution in [3.63, 3.8) is 0 Å². The Kier molecular flexibility index (Phi) is 10.1. The molecule has 4 aromatic carbocycles. The van der Waals surface area contributed by atoms with E-state index in [-0.39, 0.29) is 40.8 Å². The summed E-state index contributed by atoms with van der Waals surface area (Å²) in [5.41, 5.74) is 12.5. The Morgan fingerprint density at radius 1 is 0.857 bits per heavy atom. The number of anilines is 2. The van der Waals surface area contributed by atoms with Gasteiger partial charge in [0.05, 0.1) is 41.2 Å². The van der Waals surface area contributed by atoms with Gasteiger partial charge in [0.15, 0.2) is 12.3 Å². The largest absolute Gasteiger partial charge is 0.744 e. The lowest BCUT2D eigenvalue weighted by molar-refractivity contribution is -0.445. The molecule has 11 heteroatoms. The number of amides is 2. The molecule has 0 saturated carbocycles. The van der Waals surface area contributed by atoms with Crippen molar-refractivity contribution >= 4 is 44.7 Å². The Balaban J connectivity index is 0.796. The average molecular weight is 861 g/mol. The highest BCUT2D eigenvalue weighted by Gasteiger charge is 2.54. The fourth-order valence-electron chi connectivity index (χ4n) is 11.0. The van der Waals surface area contributed by atoms with Crippen LogP contribution >= 0.6 is 0 Å². The summed E-state index contributed by atoms with van der Waals surface area (Å²) in [6, 6.07) is 27.0. The number of nitrogens with zero attached hydrogens (tertiary/aromatic N) is 3. The molecule has 10 rings (SSSR count). The average Bonchev–Trinajstić information content (AvgIpc) is 3.63. The molecule has 0 spiro atoms. The van der Waals surface area contributed by atoms with Gasteiger partial charge < -0.3 is 24.4 Å². The van der Waals surface area contributed by atoms with Crippen LogP contribution in [0.4, 0.5) is 17.1 Å². The van der Waals surface area contributed by atoms with Crippen molar-refractivity contribution in [2.45, 2.75) is 107 Å². The Morgan fingerprint density at radius 3 is 2.46 bits per heavy atom. The topological polar surface area (TPSA) is 122 Å². The van der Waals surface area contributed by atoms with Crippen molar-refractivity contribution in [2.24, 2.45) is 0 Å². The van der Waals surface area contributed by atoms with Gasteiger partial charge in [0.1, 0.15) is 10.1 Å². The normalized spacial score (nSPS) is 20.9. The molecule has 63 heavy (non-hydrogen) atoms. The number of benzene rings is 4. The lowest BCUT2D eigenvalue weighted by Gasteiger charge is -2.42. The van der Waals surface area contributed by atoms with Crippen molar-refractivity contribution in [3.05, 3.63) is 141 Å². The molecule has 0 aromatic heterocycles. The molecule has 10 nitrogen and oxygen atoms in total. The molecule has 0 fully saturated rings. The first-order chi connectivity index (χ1) is 30.2. The van der Waals surface area contributed by atoms with Crippen LogP contribution in [-0.4, -0.2) is 66.9 Å². The molecular weight excluding hydrogens is 809 g/mol. The van der Waals surface area contributed by atoms with Crippen molar-refractivity contribution in [3.8, 4) is 11.8 Å². The highest BCUT2D eigenvalue weighted by molar-refractivity contribution is 7.85. The van der Waals surface area contributed by atoms with Crippen LogP contribution in [0.25, 0.3) is 0 Å². The maximum Gasteiger partial charge on any atom is 0.227 e. The molecule has 1 N–H and O–H groups in total. The fourth-order valence-corrected chi connectivity index (χ4v) is 11.5. The third-order valence-electron chi connectivity index (χ3n) is 14.0. The number of unbranched alkanes of at least 4 members (excludes halogenated alkanes) is 2. The molecule has 2 amide bonds. The van der Waals surface area contributed by atoms with E-state index in [0.29, 0.717) is 19.5 Å². The van der Waals surface area contributed by atoms with E-state index in [4.69, 9.17) is 4.74 Å². The molecule has 0 bridgehead atoms. The second-order valence-corrected chi connectivity index (χ2v) is 20.1. The molecular formula is C52H52N4O6S. The molecule has 6 aliphatic rings. The van der Waals surface area contributed by atoms with Crippen molar-refractivity contribution in [1.82, 2.24) is 5.32 Å². The lowest BCUT2D eigenvalue weighted by atomic mass is 9.74. The van der Waals surface area contributed by atoms with Crippen molar-refractivity contribution in [2.75, 3.05) is 29.4 Å². The van der Waals surface area contributed by atoms with Gasteiger partial charge in [-0.3, -0.25) is 9.59 Å². The zero-order valence-corrected chi connectivity index (χ0v) is 37.1. The van der Waals surface area contributed by atoms with Crippen LogP contribution in [0, 0.1) is 11.8 Å². The van der Waals surface area contributed by atoms with Crippen LogP contribution in [0.5, 0.6) is 0 Å². The molecule has 6 aliphatic heterocycles. The van der Waals surface area contributed by atoms with E-state index in [1.807, 2.05) is 53.4 Å². The van der Waals surface area contributed by atoms with Crippen LogP contribution < -0.4 is 15.1 Å². The van der Waals surface area contributed by atoms with Gasteiger partial charge in [-0.25, -0.2) is 8.42 Å². The van der Waals surface area contributed by atoms with Gasteiger partial charge >= 0.3 is 0 Å². The van der Waals surface area contributed by atoms with Crippen LogP contribution in [-0.2, 0) is 48.2 Å².